The maximum absolute atomic E-state index is 13.8. The van der Waals surface area contributed by atoms with Crippen molar-refractivity contribution in [3.8, 4) is 23.0 Å². The van der Waals surface area contributed by atoms with Crippen molar-refractivity contribution in [3.05, 3.63) is 89.0 Å². The number of ether oxygens (including phenoxy) is 8. The molecule has 0 aliphatic carbocycles. The fraction of sp³-hybridized carbons (Fsp3) is 0.492. The Morgan fingerprint density at radius 1 is 0.654 bits per heavy atom. The van der Waals surface area contributed by atoms with Crippen LogP contribution in [0.2, 0.25) is 0 Å². The van der Waals surface area contributed by atoms with E-state index in [9.17, 15) is 28.8 Å². The van der Waals surface area contributed by atoms with Crippen molar-refractivity contribution < 1.29 is 66.7 Å². The van der Waals surface area contributed by atoms with Gasteiger partial charge in [-0.25, -0.2) is 0 Å². The largest absolute Gasteiger partial charge is 0.493 e. The number of hydrogen-bond donors (Lipinski definition) is 1. The Bertz CT molecular complexity index is 2930. The highest BCUT2D eigenvalue weighted by Gasteiger charge is 2.42. The second-order valence-corrected chi connectivity index (χ2v) is 21.3. The quantitative estimate of drug-likeness (QED) is 0.0612. The molecule has 22 nitrogen and oxygen atoms in total. The van der Waals surface area contributed by atoms with E-state index in [2.05, 4.69) is 42.8 Å². The molecule has 6 heterocycles. The molecule has 81 heavy (non-hydrogen) atoms. The lowest BCUT2D eigenvalue weighted by Gasteiger charge is -2.36. The molecule has 0 radical (unpaired) electrons. The first-order valence-corrected chi connectivity index (χ1v) is 27.5. The molecule has 432 valence electrons. The van der Waals surface area contributed by atoms with Crippen LogP contribution in [0.25, 0.3) is 0 Å². The second kappa shape index (κ2) is 26.7. The van der Waals surface area contributed by atoms with Gasteiger partial charge in [-0.3, -0.25) is 43.7 Å². The molecule has 6 amide bonds. The van der Waals surface area contributed by atoms with E-state index < -0.39 is 11.8 Å². The summed E-state index contributed by atoms with van der Waals surface area (Å²) in [6.45, 7) is 15.0. The van der Waals surface area contributed by atoms with E-state index in [1.54, 1.807) is 49.6 Å². The maximum Gasteiger partial charge on any atom is 0.257 e. The molecule has 3 aromatic rings. The van der Waals surface area contributed by atoms with Gasteiger partial charge in [-0.2, -0.15) is 0 Å². The van der Waals surface area contributed by atoms with Gasteiger partial charge < -0.3 is 62.8 Å². The van der Waals surface area contributed by atoms with Gasteiger partial charge in [0.2, 0.25) is 11.8 Å². The highest BCUT2D eigenvalue weighted by Crippen LogP contribution is 2.42. The van der Waals surface area contributed by atoms with Gasteiger partial charge in [0.15, 0.2) is 23.0 Å². The lowest BCUT2D eigenvalue weighted by molar-refractivity contribution is -0.137. The van der Waals surface area contributed by atoms with Gasteiger partial charge in [0, 0.05) is 101 Å². The molecule has 22 heteroatoms. The highest BCUT2D eigenvalue weighted by atomic mass is 16.6. The summed E-state index contributed by atoms with van der Waals surface area (Å²) >= 11 is 0. The number of imide groups is 1. The van der Waals surface area contributed by atoms with E-state index in [1.807, 2.05) is 22.1 Å². The van der Waals surface area contributed by atoms with Crippen LogP contribution in [0.1, 0.15) is 71.4 Å². The van der Waals surface area contributed by atoms with Gasteiger partial charge in [-0.15, -0.1) is 0 Å². The molecule has 2 atom stereocenters. The molecule has 3 fully saturated rings. The van der Waals surface area contributed by atoms with Crippen LogP contribution in [0, 0.1) is 5.41 Å². The Balaban J connectivity index is 0.744. The predicted molar refractivity (Wildman–Crippen MR) is 299 cm³/mol. The van der Waals surface area contributed by atoms with E-state index in [0.29, 0.717) is 144 Å². The number of benzene rings is 3. The summed E-state index contributed by atoms with van der Waals surface area (Å²) in [5.74, 6) is 0.377. The molecule has 6 aliphatic rings. The number of amides is 6. The third-order valence-electron chi connectivity index (χ3n) is 14.8. The van der Waals surface area contributed by atoms with E-state index >= 15 is 0 Å². The van der Waals surface area contributed by atoms with Gasteiger partial charge in [0.05, 0.1) is 108 Å². The minimum Gasteiger partial charge on any atom is -0.493 e. The summed E-state index contributed by atoms with van der Waals surface area (Å²) in [6, 6.07) is 12.8. The van der Waals surface area contributed by atoms with Crippen LogP contribution in [-0.2, 0) is 51.3 Å². The molecular formula is C59H72N8O14. The van der Waals surface area contributed by atoms with Crippen LogP contribution < -0.4 is 29.2 Å². The number of rotatable bonds is 27. The van der Waals surface area contributed by atoms with E-state index in [1.165, 1.54) is 12.2 Å². The zero-order chi connectivity index (χ0) is 57.0. The van der Waals surface area contributed by atoms with Crippen molar-refractivity contribution in [2.45, 2.75) is 64.8 Å². The average molecular weight is 1120 g/mol. The zero-order valence-electron chi connectivity index (χ0n) is 46.6. The van der Waals surface area contributed by atoms with Crippen LogP contribution in [0.3, 0.4) is 0 Å². The van der Waals surface area contributed by atoms with Crippen LogP contribution in [0.4, 0.5) is 17.1 Å². The van der Waals surface area contributed by atoms with Gasteiger partial charge in [-0.05, 0) is 59.7 Å². The summed E-state index contributed by atoms with van der Waals surface area (Å²) in [6.07, 6.45) is 7.79. The number of carbonyl (C=O) groups excluding carboxylic acids is 6. The molecule has 0 unspecified atom stereocenters. The molecule has 0 bridgehead atoms. The van der Waals surface area contributed by atoms with Gasteiger partial charge in [0.25, 0.3) is 23.6 Å². The van der Waals surface area contributed by atoms with E-state index in [0.717, 1.165) is 33.7 Å². The Morgan fingerprint density at radius 2 is 1.20 bits per heavy atom. The van der Waals surface area contributed by atoms with Crippen LogP contribution in [0.5, 0.6) is 23.0 Å². The average Bonchev–Trinajstić information content (AvgIpc) is 4.25. The standard InChI is InChI=1S/C59H72N8O14/c1-39-24-43-33-61-47-30-51(49(74-4)28-45(47)57(72)66(43)35-39)80-36-40-25-41(37-81-52-31-48-46(29-50(52)75-5)58(73)67-38-59(2,3)32-44(67)34-62-48)27-42(26-40)63-12-14-64(15-13-63)54(69)9-16-76-18-20-78-22-23-79-21-19-77-17-10-60-53(68)8-11-65-55(70)6-7-56(65)71/h6-7,25-31,33-34,43-44H,1,8-24,32,35-38H2,2-5H3,(H,60,68)/t43-,44-/m0/s1. The number of hydrogen-bond acceptors (Lipinski definition) is 17. The number of nitrogens with one attached hydrogen (secondary N) is 1. The van der Waals surface area contributed by atoms with Gasteiger partial charge >= 0.3 is 0 Å². The van der Waals surface area contributed by atoms with Crippen LogP contribution in [0.15, 0.2) is 76.8 Å². The molecular weight excluding hydrogens is 1040 g/mol. The summed E-state index contributed by atoms with van der Waals surface area (Å²) in [4.78, 5) is 94.3. The summed E-state index contributed by atoms with van der Waals surface area (Å²) in [5, 5.41) is 2.69. The first kappa shape index (κ1) is 58.0. The minimum absolute atomic E-state index is 0.00651. The SMILES string of the molecule is C=C1C[C@H]2C=Nc3cc(OCc4cc(COc5cc6c(cc5OC)C(=O)N5CC(C)(C)C[C@H]5C=N6)cc(N5CCN(C(=O)CCOCCOCCOCCOCCNC(=O)CCN6C(=O)C=CC6=O)CC5)c4)c(OC)cc3C(=O)N2C1. The zero-order valence-corrected chi connectivity index (χ0v) is 46.6. The smallest absolute Gasteiger partial charge is 0.257 e. The second-order valence-electron chi connectivity index (χ2n) is 21.3. The highest BCUT2D eigenvalue weighted by molar-refractivity contribution is 6.13. The normalized spacial score (nSPS) is 18.9. The molecule has 3 aromatic carbocycles. The first-order chi connectivity index (χ1) is 39.2. The van der Waals surface area contributed by atoms with E-state index in [-0.39, 0.29) is 80.3 Å². The number of nitrogens with zero attached hydrogens (tertiary/aromatic N) is 7. The van der Waals surface area contributed by atoms with Gasteiger partial charge in [-0.1, -0.05) is 26.0 Å². The Kier molecular flexibility index (Phi) is 19.1. The minimum atomic E-state index is -0.415. The number of piperazine rings is 1. The molecule has 1 N–H and O–H groups in total. The molecule has 0 aromatic heterocycles. The van der Waals surface area contributed by atoms with Crippen molar-refractivity contribution in [2.24, 2.45) is 15.4 Å². The predicted octanol–water partition coefficient (Wildman–Crippen LogP) is 4.84. The number of aliphatic imine (C=N–C) groups is 2. The first-order valence-electron chi connectivity index (χ1n) is 27.5. The summed E-state index contributed by atoms with van der Waals surface area (Å²) in [5.41, 5.74) is 5.50. The van der Waals surface area contributed by atoms with Gasteiger partial charge in [0.1, 0.15) is 13.2 Å². The third-order valence-corrected chi connectivity index (χ3v) is 14.8. The molecule has 0 spiro atoms. The Hall–Kier alpha value is -7.66. The molecule has 6 aliphatic heterocycles. The number of fused-ring (bicyclic) bond motifs is 4. The van der Waals surface area contributed by atoms with Crippen molar-refractivity contribution in [1.82, 2.24) is 24.9 Å². The Labute approximate surface area is 471 Å². The number of methoxy groups -OCH3 is 2. The molecule has 9 rings (SSSR count). The topological polar surface area (TPSA) is 229 Å². The summed E-state index contributed by atoms with van der Waals surface area (Å²) < 4.78 is 46.9. The molecule has 0 saturated carbocycles. The third kappa shape index (κ3) is 14.6. The lowest BCUT2D eigenvalue weighted by atomic mass is 9.91. The maximum atomic E-state index is 13.8. The van der Waals surface area contributed by atoms with Crippen molar-refractivity contribution in [1.29, 1.82) is 0 Å². The van der Waals surface area contributed by atoms with Crippen molar-refractivity contribution in [3.63, 3.8) is 0 Å². The number of anilines is 1. The van der Waals surface area contributed by atoms with E-state index in [4.69, 9.17) is 47.9 Å². The number of carbonyl (C=O) groups is 6. The van der Waals surface area contributed by atoms with Crippen molar-refractivity contribution in [2.75, 3.05) is 124 Å². The monoisotopic (exact) mass is 1120 g/mol. The van der Waals surface area contributed by atoms with Crippen molar-refractivity contribution >= 4 is 64.9 Å². The molecule has 3 saturated heterocycles. The Morgan fingerprint density at radius 3 is 1.78 bits per heavy atom. The fourth-order valence-corrected chi connectivity index (χ4v) is 10.6. The van der Waals surface area contributed by atoms with Crippen LogP contribution >= 0.6 is 0 Å². The summed E-state index contributed by atoms with van der Waals surface area (Å²) in [7, 11) is 3.09. The van der Waals surface area contributed by atoms with Crippen LogP contribution in [-0.4, -0.2) is 199 Å². The lowest BCUT2D eigenvalue weighted by Crippen LogP contribution is -2.49. The fourth-order valence-electron chi connectivity index (χ4n) is 10.6.